The number of carbonyl (C=O) groups is 3. The van der Waals surface area contributed by atoms with Crippen molar-refractivity contribution in [3.63, 3.8) is 0 Å². The lowest BCUT2D eigenvalue weighted by Gasteiger charge is -2.46. The summed E-state index contributed by atoms with van der Waals surface area (Å²) in [5.41, 5.74) is -2.97. The Morgan fingerprint density at radius 2 is 2.04 bits per heavy atom. The normalized spacial score (nSPS) is 31.4. The molecule has 1 aliphatic heterocycles. The second-order valence-electron chi connectivity index (χ2n) is 7.84. The molecule has 2 fully saturated rings. The van der Waals surface area contributed by atoms with E-state index in [2.05, 4.69) is 11.9 Å². The van der Waals surface area contributed by atoms with E-state index in [1.54, 1.807) is 13.0 Å². The Morgan fingerprint density at radius 3 is 2.48 bits per heavy atom. The predicted octanol–water partition coefficient (Wildman–Crippen LogP) is 2.17. The average molecular weight is 352 g/mol. The van der Waals surface area contributed by atoms with Gasteiger partial charge in [-0.2, -0.15) is 0 Å². The van der Waals surface area contributed by atoms with Crippen molar-refractivity contribution in [3.05, 3.63) is 12.7 Å². The van der Waals surface area contributed by atoms with E-state index in [1.165, 1.54) is 4.90 Å². The molecular formula is C18H28N2O5. The summed E-state index contributed by atoms with van der Waals surface area (Å²) >= 11 is 0. The molecule has 0 unspecified atom stereocenters. The lowest BCUT2D eigenvalue weighted by molar-refractivity contribution is -0.152. The predicted molar refractivity (Wildman–Crippen MR) is 92.0 cm³/mol. The molecule has 0 aromatic carbocycles. The Kier molecular flexibility index (Phi) is 4.90. The molecular weight excluding hydrogens is 324 g/mol. The Morgan fingerprint density at radius 1 is 1.40 bits per heavy atom. The highest BCUT2D eigenvalue weighted by Gasteiger charge is 2.65. The van der Waals surface area contributed by atoms with Gasteiger partial charge in [0.05, 0.1) is 6.61 Å². The molecule has 7 nitrogen and oxygen atoms in total. The number of nitrogens with zero attached hydrogens (tertiary/aromatic N) is 1. The quantitative estimate of drug-likeness (QED) is 0.584. The van der Waals surface area contributed by atoms with Crippen molar-refractivity contribution >= 4 is 18.0 Å². The fourth-order valence-corrected chi connectivity index (χ4v) is 4.00. The maximum atomic E-state index is 13.3. The molecule has 1 saturated heterocycles. The molecule has 140 valence electrons. The number of likely N-dealkylation sites (tertiary alicyclic amines) is 1. The Labute approximate surface area is 148 Å². The zero-order valence-corrected chi connectivity index (χ0v) is 15.4. The third kappa shape index (κ3) is 2.89. The van der Waals surface area contributed by atoms with Gasteiger partial charge in [0.15, 0.2) is 0 Å². The number of hydrogen-bond donors (Lipinski definition) is 2. The van der Waals surface area contributed by atoms with Crippen LogP contribution in [0.5, 0.6) is 0 Å². The number of hydrogen-bond acceptors (Lipinski definition) is 4. The van der Waals surface area contributed by atoms with Crippen LogP contribution in [0.25, 0.3) is 0 Å². The Balaban J connectivity index is 2.37. The summed E-state index contributed by atoms with van der Waals surface area (Å²) in [7, 11) is 0. The van der Waals surface area contributed by atoms with Crippen LogP contribution in [-0.4, -0.2) is 52.2 Å². The second-order valence-corrected chi connectivity index (χ2v) is 7.84. The van der Waals surface area contributed by atoms with Gasteiger partial charge in [-0.05, 0) is 31.6 Å². The van der Waals surface area contributed by atoms with E-state index in [4.69, 9.17) is 4.74 Å². The maximum absolute atomic E-state index is 13.3. The van der Waals surface area contributed by atoms with Crippen molar-refractivity contribution < 1.29 is 24.2 Å². The minimum absolute atomic E-state index is 0.202. The molecule has 2 rings (SSSR count). The zero-order valence-electron chi connectivity index (χ0n) is 15.4. The molecule has 0 aromatic heterocycles. The van der Waals surface area contributed by atoms with Gasteiger partial charge in [0.25, 0.3) is 0 Å². The summed E-state index contributed by atoms with van der Waals surface area (Å²) in [6, 6.07) is 0. The SMILES string of the molecule is C=C[C@@H]1C[C@]1(NC(=O)[C@@]1(C(C)(C)C)CCCN1C(=O)O)C(=O)OCC. The Bertz CT molecular complexity index is 597. The van der Waals surface area contributed by atoms with Crippen molar-refractivity contribution in [2.24, 2.45) is 11.3 Å². The molecule has 2 amide bonds. The third-order valence-corrected chi connectivity index (χ3v) is 5.50. The first-order valence-corrected chi connectivity index (χ1v) is 8.69. The van der Waals surface area contributed by atoms with Crippen molar-refractivity contribution in [1.29, 1.82) is 0 Å². The van der Waals surface area contributed by atoms with Gasteiger partial charge in [0.1, 0.15) is 11.1 Å². The fourth-order valence-electron chi connectivity index (χ4n) is 4.00. The van der Waals surface area contributed by atoms with E-state index < -0.39 is 34.5 Å². The van der Waals surface area contributed by atoms with Crippen LogP contribution in [0.1, 0.15) is 47.0 Å². The average Bonchev–Trinajstić information content (AvgIpc) is 3.02. The molecule has 1 heterocycles. The summed E-state index contributed by atoms with van der Waals surface area (Å²) in [5.74, 6) is -1.12. The minimum Gasteiger partial charge on any atom is -0.465 e. The van der Waals surface area contributed by atoms with Crippen molar-refractivity contribution in [2.75, 3.05) is 13.2 Å². The van der Waals surface area contributed by atoms with Crippen LogP contribution in [0, 0.1) is 11.3 Å². The first-order valence-electron chi connectivity index (χ1n) is 8.69. The maximum Gasteiger partial charge on any atom is 0.408 e. The third-order valence-electron chi connectivity index (χ3n) is 5.50. The summed E-state index contributed by atoms with van der Waals surface area (Å²) in [6.07, 6.45) is 1.96. The van der Waals surface area contributed by atoms with Gasteiger partial charge in [0.2, 0.25) is 5.91 Å². The molecule has 1 aliphatic carbocycles. The molecule has 2 N–H and O–H groups in total. The lowest BCUT2D eigenvalue weighted by atomic mass is 9.71. The molecule has 0 aromatic rings. The van der Waals surface area contributed by atoms with Crippen LogP contribution < -0.4 is 5.32 Å². The van der Waals surface area contributed by atoms with Gasteiger partial charge in [-0.3, -0.25) is 9.69 Å². The summed E-state index contributed by atoms with van der Waals surface area (Å²) in [6.45, 7) is 11.5. The number of nitrogens with one attached hydrogen (secondary N) is 1. The first-order chi connectivity index (χ1) is 11.6. The molecule has 0 bridgehead atoms. The van der Waals surface area contributed by atoms with Gasteiger partial charge in [0, 0.05) is 12.5 Å². The van der Waals surface area contributed by atoms with E-state index in [-0.39, 0.29) is 12.5 Å². The molecule has 2 aliphatic rings. The minimum atomic E-state index is -1.22. The van der Waals surface area contributed by atoms with E-state index in [0.717, 1.165) is 0 Å². The van der Waals surface area contributed by atoms with Crippen LogP contribution in [-0.2, 0) is 14.3 Å². The number of carboxylic acid groups (broad SMARTS) is 1. The summed E-state index contributed by atoms with van der Waals surface area (Å²) < 4.78 is 5.13. The Hall–Kier alpha value is -2.05. The van der Waals surface area contributed by atoms with Gasteiger partial charge < -0.3 is 15.2 Å². The molecule has 0 radical (unpaired) electrons. The number of carbonyl (C=O) groups excluding carboxylic acids is 2. The molecule has 3 atom stereocenters. The van der Waals surface area contributed by atoms with Crippen LogP contribution in [0.3, 0.4) is 0 Å². The van der Waals surface area contributed by atoms with E-state index >= 15 is 0 Å². The van der Waals surface area contributed by atoms with Gasteiger partial charge >= 0.3 is 12.1 Å². The van der Waals surface area contributed by atoms with Crippen LogP contribution in [0.15, 0.2) is 12.7 Å². The highest BCUT2D eigenvalue weighted by molar-refractivity contribution is 5.97. The van der Waals surface area contributed by atoms with Gasteiger partial charge in [-0.15, -0.1) is 6.58 Å². The van der Waals surface area contributed by atoms with Gasteiger partial charge in [-0.25, -0.2) is 9.59 Å². The number of esters is 1. The molecule has 0 spiro atoms. The summed E-state index contributed by atoms with van der Waals surface area (Å²) in [4.78, 5) is 38.7. The largest absolute Gasteiger partial charge is 0.465 e. The van der Waals surface area contributed by atoms with Gasteiger partial charge in [-0.1, -0.05) is 26.8 Å². The first kappa shape index (κ1) is 19.3. The number of rotatable bonds is 5. The number of ether oxygens (including phenoxy) is 1. The zero-order chi connectivity index (χ0) is 19.0. The smallest absolute Gasteiger partial charge is 0.408 e. The monoisotopic (exact) mass is 352 g/mol. The van der Waals surface area contributed by atoms with Crippen LogP contribution in [0.2, 0.25) is 0 Å². The van der Waals surface area contributed by atoms with E-state index in [1.807, 2.05) is 20.8 Å². The van der Waals surface area contributed by atoms with Crippen molar-refractivity contribution in [3.8, 4) is 0 Å². The van der Waals surface area contributed by atoms with E-state index in [0.29, 0.717) is 25.8 Å². The highest BCUT2D eigenvalue weighted by Crippen LogP contribution is 2.49. The topological polar surface area (TPSA) is 95.9 Å². The van der Waals surface area contributed by atoms with E-state index in [9.17, 15) is 19.5 Å². The van der Waals surface area contributed by atoms with Crippen molar-refractivity contribution in [1.82, 2.24) is 10.2 Å². The highest BCUT2D eigenvalue weighted by atomic mass is 16.5. The molecule has 7 heteroatoms. The standard InChI is InChI=1S/C18H28N2O5/c1-6-12-11-17(12,14(22)25-7-2)19-13(21)18(16(3,4)5)9-8-10-20(18)15(23)24/h6,12H,1,7-11H2,2-5H3,(H,19,21)(H,23,24)/t12-,17-,18-/m1/s1. The van der Waals surface area contributed by atoms with Crippen LogP contribution in [0.4, 0.5) is 4.79 Å². The summed E-state index contributed by atoms with van der Waals surface area (Å²) in [5, 5.41) is 12.4. The fraction of sp³-hybridized carbons (Fsp3) is 0.722. The van der Waals surface area contributed by atoms with Crippen molar-refractivity contribution in [2.45, 2.75) is 58.0 Å². The second kappa shape index (κ2) is 6.35. The molecule has 1 saturated carbocycles. The molecule has 25 heavy (non-hydrogen) atoms. The number of amides is 2. The lowest BCUT2D eigenvalue weighted by Crippen LogP contribution is -2.66. The van der Waals surface area contributed by atoms with Crippen LogP contribution >= 0.6 is 0 Å².